The normalized spacial score (nSPS) is 19.1. The van der Waals surface area contributed by atoms with Crippen LogP contribution in [0.5, 0.6) is 5.75 Å². The Kier molecular flexibility index (Phi) is 6.14. The van der Waals surface area contributed by atoms with E-state index in [1.54, 1.807) is 0 Å². The van der Waals surface area contributed by atoms with Crippen LogP contribution in [0.4, 0.5) is 0 Å². The largest absolute Gasteiger partial charge is 0.464 e. The van der Waals surface area contributed by atoms with Crippen LogP contribution in [0.3, 0.4) is 0 Å². The molecule has 0 aliphatic heterocycles. The molecule has 2 nitrogen and oxygen atoms in total. The van der Waals surface area contributed by atoms with E-state index in [1.165, 1.54) is 23.1 Å². The Hall–Kier alpha value is -1.80. The minimum atomic E-state index is -0.221. The first-order valence-electron chi connectivity index (χ1n) is 9.69. The van der Waals surface area contributed by atoms with Gasteiger partial charge in [-0.05, 0) is 67.3 Å². The van der Waals surface area contributed by atoms with Crippen LogP contribution in [-0.2, 0) is 11.2 Å². The zero-order valence-electron chi connectivity index (χ0n) is 15.7. The molecule has 2 aromatic rings. The lowest BCUT2D eigenvalue weighted by molar-refractivity contribution is -0.0948. The van der Waals surface area contributed by atoms with E-state index in [0.29, 0.717) is 18.4 Å². The molecule has 25 heavy (non-hydrogen) atoms. The highest BCUT2D eigenvalue weighted by atomic mass is 16.7. The molecular weight excluding hydrogens is 308 g/mol. The molecule has 3 unspecified atom stereocenters. The van der Waals surface area contributed by atoms with E-state index in [9.17, 15) is 0 Å². The van der Waals surface area contributed by atoms with Gasteiger partial charge in [-0.25, -0.2) is 0 Å². The van der Waals surface area contributed by atoms with Crippen molar-refractivity contribution in [1.29, 1.82) is 0 Å². The fourth-order valence-corrected chi connectivity index (χ4v) is 3.72. The summed E-state index contributed by atoms with van der Waals surface area (Å²) in [7, 11) is 0. The predicted octanol–water partition coefficient (Wildman–Crippen LogP) is 6.06. The van der Waals surface area contributed by atoms with Crippen molar-refractivity contribution in [3.05, 3.63) is 65.2 Å². The summed E-state index contributed by atoms with van der Waals surface area (Å²) in [6, 6.07) is 17.3. The minimum Gasteiger partial charge on any atom is -0.464 e. The molecule has 0 heterocycles. The number of rotatable bonds is 7. The lowest BCUT2D eigenvalue weighted by Crippen LogP contribution is -2.31. The van der Waals surface area contributed by atoms with Crippen molar-refractivity contribution in [3.8, 4) is 5.75 Å². The maximum atomic E-state index is 6.30. The van der Waals surface area contributed by atoms with Crippen LogP contribution >= 0.6 is 0 Å². The van der Waals surface area contributed by atoms with E-state index < -0.39 is 0 Å². The van der Waals surface area contributed by atoms with Gasteiger partial charge < -0.3 is 9.47 Å². The molecule has 134 valence electrons. The van der Waals surface area contributed by atoms with Crippen LogP contribution in [0.25, 0.3) is 0 Å². The molecule has 0 spiro atoms. The van der Waals surface area contributed by atoms with Gasteiger partial charge in [0.15, 0.2) is 0 Å². The Morgan fingerprint density at radius 1 is 1.04 bits per heavy atom. The fourth-order valence-electron chi connectivity index (χ4n) is 3.72. The lowest BCUT2D eigenvalue weighted by atomic mass is 9.82. The number of hydrogen-bond donors (Lipinski definition) is 0. The van der Waals surface area contributed by atoms with Crippen molar-refractivity contribution in [3.63, 3.8) is 0 Å². The van der Waals surface area contributed by atoms with Gasteiger partial charge in [-0.1, -0.05) is 50.2 Å². The second-order valence-corrected chi connectivity index (χ2v) is 7.02. The lowest BCUT2D eigenvalue weighted by Gasteiger charge is -2.32. The van der Waals surface area contributed by atoms with Crippen molar-refractivity contribution < 1.29 is 9.47 Å². The Balaban J connectivity index is 1.78. The van der Waals surface area contributed by atoms with Gasteiger partial charge in [0.2, 0.25) is 6.29 Å². The molecule has 1 aliphatic carbocycles. The Labute approximate surface area is 152 Å². The van der Waals surface area contributed by atoms with Crippen molar-refractivity contribution in [2.24, 2.45) is 0 Å². The van der Waals surface area contributed by atoms with Crippen molar-refractivity contribution in [2.75, 3.05) is 6.61 Å². The van der Waals surface area contributed by atoms with E-state index in [-0.39, 0.29) is 6.29 Å². The Morgan fingerprint density at radius 3 is 2.52 bits per heavy atom. The summed E-state index contributed by atoms with van der Waals surface area (Å²) in [5.74, 6) is 1.79. The van der Waals surface area contributed by atoms with Crippen LogP contribution in [0.15, 0.2) is 48.5 Å². The molecule has 0 fully saturated rings. The van der Waals surface area contributed by atoms with Crippen LogP contribution in [0.2, 0.25) is 0 Å². The molecule has 0 N–H and O–H groups in total. The van der Waals surface area contributed by atoms with Crippen molar-refractivity contribution in [1.82, 2.24) is 0 Å². The highest BCUT2D eigenvalue weighted by Gasteiger charge is 2.29. The molecular formula is C23H30O2. The highest BCUT2D eigenvalue weighted by molar-refractivity contribution is 5.34. The van der Waals surface area contributed by atoms with E-state index in [4.69, 9.17) is 9.47 Å². The zero-order chi connectivity index (χ0) is 17.6. The first-order chi connectivity index (χ1) is 12.2. The van der Waals surface area contributed by atoms with Gasteiger partial charge in [0.05, 0.1) is 0 Å². The molecule has 0 saturated heterocycles. The predicted molar refractivity (Wildman–Crippen MR) is 103 cm³/mol. The average molecular weight is 338 g/mol. The molecule has 1 aliphatic rings. The smallest absolute Gasteiger partial charge is 0.206 e. The summed E-state index contributed by atoms with van der Waals surface area (Å²) in [5.41, 5.74) is 4.20. The standard InChI is InChI=1S/C23H30O2/c1-4-17(3)18-13-15-20(16-14-18)25-23(24-5-2)22-12-8-10-19-9-6-7-11-21(19)22/h6-7,9,11,13-17,22-23H,4-5,8,10,12H2,1-3H3. The van der Waals surface area contributed by atoms with E-state index in [0.717, 1.165) is 25.0 Å². The summed E-state index contributed by atoms with van der Waals surface area (Å²) in [5, 5.41) is 0. The molecule has 3 atom stereocenters. The van der Waals surface area contributed by atoms with E-state index >= 15 is 0 Å². The summed E-state index contributed by atoms with van der Waals surface area (Å²) >= 11 is 0. The third-order valence-electron chi connectivity index (χ3n) is 5.39. The molecule has 3 rings (SSSR count). The van der Waals surface area contributed by atoms with Gasteiger partial charge in [-0.3, -0.25) is 0 Å². The quantitative estimate of drug-likeness (QED) is 0.571. The molecule has 2 aromatic carbocycles. The number of fused-ring (bicyclic) bond motifs is 1. The van der Waals surface area contributed by atoms with Crippen LogP contribution in [0.1, 0.15) is 68.6 Å². The monoisotopic (exact) mass is 338 g/mol. The summed E-state index contributed by atoms with van der Waals surface area (Å²) in [6.07, 6.45) is 4.41. The third kappa shape index (κ3) is 4.24. The van der Waals surface area contributed by atoms with E-state index in [1.807, 2.05) is 6.92 Å². The first-order valence-corrected chi connectivity index (χ1v) is 9.69. The molecule has 0 bridgehead atoms. The number of hydrogen-bond acceptors (Lipinski definition) is 2. The number of aryl methyl sites for hydroxylation is 1. The van der Waals surface area contributed by atoms with Gasteiger partial charge in [0.1, 0.15) is 5.75 Å². The topological polar surface area (TPSA) is 18.5 Å². The van der Waals surface area contributed by atoms with Gasteiger partial charge in [0.25, 0.3) is 0 Å². The van der Waals surface area contributed by atoms with Gasteiger partial charge in [0, 0.05) is 12.5 Å². The zero-order valence-corrected chi connectivity index (χ0v) is 15.7. The Bertz CT molecular complexity index is 662. The molecule has 0 saturated carbocycles. The Morgan fingerprint density at radius 2 is 1.80 bits per heavy atom. The first kappa shape index (κ1) is 18.0. The molecule has 0 radical (unpaired) electrons. The molecule has 0 amide bonds. The van der Waals surface area contributed by atoms with Crippen LogP contribution in [0, 0.1) is 0 Å². The van der Waals surface area contributed by atoms with Crippen molar-refractivity contribution >= 4 is 0 Å². The maximum absolute atomic E-state index is 6.30. The summed E-state index contributed by atoms with van der Waals surface area (Å²) < 4.78 is 12.3. The van der Waals surface area contributed by atoms with E-state index in [2.05, 4.69) is 62.4 Å². The molecule has 2 heteroatoms. The van der Waals surface area contributed by atoms with Crippen LogP contribution < -0.4 is 4.74 Å². The third-order valence-corrected chi connectivity index (χ3v) is 5.39. The highest BCUT2D eigenvalue weighted by Crippen LogP contribution is 2.36. The maximum Gasteiger partial charge on any atom is 0.206 e. The fraction of sp³-hybridized carbons (Fsp3) is 0.478. The SMILES string of the molecule is CCOC(Oc1ccc(C(C)CC)cc1)C1CCCc2ccccc21. The van der Waals surface area contributed by atoms with Crippen LogP contribution in [-0.4, -0.2) is 12.9 Å². The second-order valence-electron chi connectivity index (χ2n) is 7.02. The minimum absolute atomic E-state index is 0.221. The summed E-state index contributed by atoms with van der Waals surface area (Å²) in [6.45, 7) is 7.18. The average Bonchev–Trinajstić information content (AvgIpc) is 2.67. The summed E-state index contributed by atoms with van der Waals surface area (Å²) in [4.78, 5) is 0. The van der Waals surface area contributed by atoms with Gasteiger partial charge >= 0.3 is 0 Å². The second kappa shape index (κ2) is 8.53. The van der Waals surface area contributed by atoms with Gasteiger partial charge in [-0.2, -0.15) is 0 Å². The number of ether oxygens (including phenoxy) is 2. The molecule has 0 aromatic heterocycles. The van der Waals surface area contributed by atoms with Gasteiger partial charge in [-0.15, -0.1) is 0 Å². The number of benzene rings is 2. The van der Waals surface area contributed by atoms with Crippen molar-refractivity contribution in [2.45, 2.75) is 64.6 Å².